The number of carbonyl (C=O) groups excluding carboxylic acids is 2. The maximum absolute atomic E-state index is 12.3. The fourth-order valence-corrected chi connectivity index (χ4v) is 4.24. The van der Waals surface area contributed by atoms with Crippen LogP contribution in [0.5, 0.6) is 0 Å². The summed E-state index contributed by atoms with van der Waals surface area (Å²) in [4.78, 5) is 29.6. The summed E-state index contributed by atoms with van der Waals surface area (Å²) in [6.07, 6.45) is 0. The molecule has 0 radical (unpaired) electrons. The Kier molecular flexibility index (Phi) is 6.70. The molecule has 1 aliphatic rings. The Morgan fingerprint density at radius 3 is 2.57 bits per heavy atom. The van der Waals surface area contributed by atoms with E-state index in [-0.39, 0.29) is 17.9 Å². The van der Waals surface area contributed by atoms with Crippen LogP contribution in [0.15, 0.2) is 35.7 Å². The minimum atomic E-state index is -0.325. The van der Waals surface area contributed by atoms with E-state index in [1.54, 1.807) is 23.5 Å². The van der Waals surface area contributed by atoms with Gasteiger partial charge in [0.05, 0.1) is 25.8 Å². The number of esters is 1. The summed E-state index contributed by atoms with van der Waals surface area (Å²) >= 11 is 1.68. The molecule has 1 fully saturated rings. The van der Waals surface area contributed by atoms with Gasteiger partial charge < -0.3 is 15.0 Å². The molecule has 6 nitrogen and oxygen atoms in total. The van der Waals surface area contributed by atoms with Gasteiger partial charge in [0.2, 0.25) is 5.91 Å². The Morgan fingerprint density at radius 2 is 1.96 bits per heavy atom. The van der Waals surface area contributed by atoms with Gasteiger partial charge in [0, 0.05) is 36.2 Å². The minimum Gasteiger partial charge on any atom is -0.465 e. The van der Waals surface area contributed by atoms with Gasteiger partial charge in [-0.1, -0.05) is 0 Å². The summed E-state index contributed by atoms with van der Waals surface area (Å²) in [5.74, 6) is -0.260. The molecule has 7 heteroatoms. The second-order valence-corrected chi connectivity index (χ2v) is 8.11. The van der Waals surface area contributed by atoms with Gasteiger partial charge in [0.1, 0.15) is 0 Å². The first-order chi connectivity index (χ1) is 13.5. The number of amides is 1. The highest BCUT2D eigenvalue weighted by Crippen LogP contribution is 2.20. The third-order valence-corrected chi connectivity index (χ3v) is 6.20. The zero-order valence-electron chi connectivity index (χ0n) is 16.6. The third kappa shape index (κ3) is 4.91. The van der Waals surface area contributed by atoms with Crippen LogP contribution in [0.25, 0.3) is 0 Å². The zero-order chi connectivity index (χ0) is 20.1. The van der Waals surface area contributed by atoms with E-state index in [2.05, 4.69) is 40.4 Å². The highest BCUT2D eigenvalue weighted by Gasteiger charge is 2.25. The Bertz CT molecular complexity index is 819. The van der Waals surface area contributed by atoms with Crippen LogP contribution < -0.4 is 10.2 Å². The maximum Gasteiger partial charge on any atom is 0.337 e. The number of hydrogen-bond acceptors (Lipinski definition) is 6. The SMILES string of the molecule is COC(=O)c1ccc(N2CCN(CC(=O)NCc3sccc3C)C(C)C2)cc1. The molecule has 28 heavy (non-hydrogen) atoms. The van der Waals surface area contributed by atoms with Crippen LogP contribution in [-0.2, 0) is 16.1 Å². The first-order valence-corrected chi connectivity index (χ1v) is 10.3. The number of hydrogen-bond donors (Lipinski definition) is 1. The highest BCUT2D eigenvalue weighted by atomic mass is 32.1. The van der Waals surface area contributed by atoms with Crippen LogP contribution in [0, 0.1) is 6.92 Å². The van der Waals surface area contributed by atoms with Gasteiger partial charge in [0.15, 0.2) is 0 Å². The van der Waals surface area contributed by atoms with Gasteiger partial charge in [-0.3, -0.25) is 9.69 Å². The minimum absolute atomic E-state index is 0.0653. The molecule has 1 amide bonds. The Hall–Kier alpha value is -2.38. The van der Waals surface area contributed by atoms with Crippen molar-refractivity contribution in [2.45, 2.75) is 26.4 Å². The standard InChI is InChI=1S/C21H27N3O3S/c1-15-8-11-28-19(15)12-22-20(25)14-23-9-10-24(13-16(23)2)18-6-4-17(5-7-18)21(26)27-3/h4-8,11,16H,9-10,12-14H2,1-3H3,(H,22,25). The van der Waals surface area contributed by atoms with Crippen molar-refractivity contribution in [1.29, 1.82) is 0 Å². The molecule has 1 unspecified atom stereocenters. The molecule has 1 aliphatic heterocycles. The maximum atomic E-state index is 12.3. The van der Waals surface area contributed by atoms with E-state index in [0.29, 0.717) is 18.7 Å². The predicted octanol–water partition coefficient (Wildman–Crippen LogP) is 2.67. The molecule has 1 aromatic carbocycles. The first kappa shape index (κ1) is 20.4. The summed E-state index contributed by atoms with van der Waals surface area (Å²) in [5, 5.41) is 5.08. The number of methoxy groups -OCH3 is 1. The summed E-state index contributed by atoms with van der Waals surface area (Å²) < 4.78 is 4.74. The second-order valence-electron chi connectivity index (χ2n) is 7.11. The molecule has 150 valence electrons. The lowest BCUT2D eigenvalue weighted by molar-refractivity contribution is -0.123. The van der Waals surface area contributed by atoms with Crippen molar-refractivity contribution < 1.29 is 14.3 Å². The number of piperazine rings is 1. The molecule has 0 aliphatic carbocycles. The van der Waals surface area contributed by atoms with E-state index < -0.39 is 0 Å². The van der Waals surface area contributed by atoms with Crippen molar-refractivity contribution in [3.05, 3.63) is 51.7 Å². The first-order valence-electron chi connectivity index (χ1n) is 9.45. The molecule has 1 atom stereocenters. The smallest absolute Gasteiger partial charge is 0.337 e. The lowest BCUT2D eigenvalue weighted by atomic mass is 10.1. The van der Waals surface area contributed by atoms with Crippen LogP contribution >= 0.6 is 11.3 Å². The van der Waals surface area contributed by atoms with E-state index in [0.717, 1.165) is 25.3 Å². The van der Waals surface area contributed by atoms with Crippen LogP contribution in [-0.4, -0.2) is 56.1 Å². The van der Waals surface area contributed by atoms with Crippen molar-refractivity contribution in [3.63, 3.8) is 0 Å². The summed E-state index contributed by atoms with van der Waals surface area (Å²) in [6.45, 7) is 7.74. The average Bonchev–Trinajstić information content (AvgIpc) is 3.12. The average molecular weight is 402 g/mol. The van der Waals surface area contributed by atoms with Crippen molar-refractivity contribution >= 4 is 28.9 Å². The lowest BCUT2D eigenvalue weighted by Gasteiger charge is -2.40. The molecule has 0 saturated carbocycles. The number of nitrogens with zero attached hydrogens (tertiary/aromatic N) is 2. The van der Waals surface area contributed by atoms with Crippen molar-refractivity contribution in [2.24, 2.45) is 0 Å². The van der Waals surface area contributed by atoms with Crippen LogP contribution in [0.4, 0.5) is 5.69 Å². The van der Waals surface area contributed by atoms with Gasteiger partial charge in [-0.25, -0.2) is 4.79 Å². The number of aryl methyl sites for hydroxylation is 1. The van der Waals surface area contributed by atoms with Crippen LogP contribution in [0.1, 0.15) is 27.7 Å². The van der Waals surface area contributed by atoms with E-state index in [4.69, 9.17) is 4.74 Å². The number of carbonyl (C=O) groups is 2. The number of benzene rings is 1. The van der Waals surface area contributed by atoms with Crippen molar-refractivity contribution in [3.8, 4) is 0 Å². The lowest BCUT2D eigenvalue weighted by Crippen LogP contribution is -2.54. The fourth-order valence-electron chi connectivity index (χ4n) is 3.40. The summed E-state index contributed by atoms with van der Waals surface area (Å²) in [7, 11) is 1.38. The van der Waals surface area contributed by atoms with Crippen molar-refractivity contribution in [2.75, 3.05) is 38.2 Å². The van der Waals surface area contributed by atoms with Crippen LogP contribution in [0.3, 0.4) is 0 Å². The molecular formula is C21H27N3O3S. The van der Waals surface area contributed by atoms with Crippen LogP contribution in [0.2, 0.25) is 0 Å². The molecular weight excluding hydrogens is 374 g/mol. The Morgan fingerprint density at radius 1 is 1.21 bits per heavy atom. The molecule has 1 N–H and O–H groups in total. The summed E-state index contributed by atoms with van der Waals surface area (Å²) in [6, 6.07) is 9.82. The van der Waals surface area contributed by atoms with E-state index in [1.165, 1.54) is 17.6 Å². The fraction of sp³-hybridized carbons (Fsp3) is 0.429. The van der Waals surface area contributed by atoms with Crippen molar-refractivity contribution in [1.82, 2.24) is 10.2 Å². The second kappa shape index (κ2) is 9.21. The van der Waals surface area contributed by atoms with Gasteiger partial charge in [-0.2, -0.15) is 0 Å². The Balaban J connectivity index is 1.50. The monoisotopic (exact) mass is 401 g/mol. The molecule has 3 rings (SSSR count). The quantitative estimate of drug-likeness (QED) is 0.754. The largest absolute Gasteiger partial charge is 0.465 e. The Labute approximate surface area is 170 Å². The highest BCUT2D eigenvalue weighted by molar-refractivity contribution is 7.10. The normalized spacial score (nSPS) is 17.4. The van der Waals surface area contributed by atoms with Gasteiger partial charge >= 0.3 is 5.97 Å². The third-order valence-electron chi connectivity index (χ3n) is 5.18. The summed E-state index contributed by atoms with van der Waals surface area (Å²) in [5.41, 5.74) is 2.86. The van der Waals surface area contributed by atoms with Gasteiger partial charge in [-0.15, -0.1) is 11.3 Å². The van der Waals surface area contributed by atoms with E-state index in [9.17, 15) is 9.59 Å². The molecule has 1 aromatic heterocycles. The number of rotatable bonds is 6. The topological polar surface area (TPSA) is 61.9 Å². The van der Waals surface area contributed by atoms with E-state index >= 15 is 0 Å². The van der Waals surface area contributed by atoms with Gasteiger partial charge in [0.25, 0.3) is 0 Å². The number of ether oxygens (including phenoxy) is 1. The molecule has 0 spiro atoms. The molecule has 2 aromatic rings. The molecule has 1 saturated heterocycles. The number of anilines is 1. The molecule has 0 bridgehead atoms. The zero-order valence-corrected chi connectivity index (χ0v) is 17.4. The molecule has 2 heterocycles. The number of thiophene rings is 1. The van der Waals surface area contributed by atoms with Gasteiger partial charge in [-0.05, 0) is 55.1 Å². The van der Waals surface area contributed by atoms with E-state index in [1.807, 2.05) is 12.1 Å². The predicted molar refractivity (Wildman–Crippen MR) is 112 cm³/mol. The number of nitrogens with one attached hydrogen (secondary N) is 1.